The minimum Gasteiger partial charge on any atom is -0.481 e. The molecule has 1 saturated heterocycles. The molecule has 7 nitrogen and oxygen atoms in total. The molecule has 1 aromatic rings. The standard InChI is InChI=1S/C27H37N5O2/c1-18-5-4-6-22(11-18)31-7-9-32(10-8-31)26(2,3)24(29-17-28)30-23-20-12-19-13-21(23)16-27(14-19,15-20)25(33)34/h4-6,11,19-21,23H,7-10,12-16H2,1-3H3,(H,29,30)(H,33,34). The fourth-order valence-electron chi connectivity index (χ4n) is 7.57. The number of nitrogens with one attached hydrogen (secondary N) is 1. The Morgan fingerprint density at radius 3 is 2.44 bits per heavy atom. The van der Waals surface area contributed by atoms with E-state index in [0.29, 0.717) is 17.8 Å². The summed E-state index contributed by atoms with van der Waals surface area (Å²) in [7, 11) is 0. The normalized spacial score (nSPS) is 33.6. The van der Waals surface area contributed by atoms with Crippen molar-refractivity contribution in [3.63, 3.8) is 0 Å². The van der Waals surface area contributed by atoms with E-state index in [4.69, 9.17) is 0 Å². The van der Waals surface area contributed by atoms with Gasteiger partial charge in [0.15, 0.2) is 0 Å². The topological polar surface area (TPSA) is 92.0 Å². The Morgan fingerprint density at radius 2 is 1.85 bits per heavy atom. The van der Waals surface area contributed by atoms with Gasteiger partial charge in [0.2, 0.25) is 6.19 Å². The second-order valence-electron chi connectivity index (χ2n) is 11.7. The highest BCUT2D eigenvalue weighted by Gasteiger charge is 2.59. The molecule has 7 heteroatoms. The van der Waals surface area contributed by atoms with Crippen LogP contribution in [0.5, 0.6) is 0 Å². The summed E-state index contributed by atoms with van der Waals surface area (Å²) in [6.45, 7) is 10.1. The van der Waals surface area contributed by atoms with Crippen molar-refractivity contribution in [1.29, 1.82) is 5.26 Å². The van der Waals surface area contributed by atoms with Gasteiger partial charge in [0.25, 0.3) is 0 Å². The van der Waals surface area contributed by atoms with Crippen molar-refractivity contribution in [2.24, 2.45) is 28.2 Å². The van der Waals surface area contributed by atoms with E-state index in [1.807, 2.05) is 6.19 Å². The summed E-state index contributed by atoms with van der Waals surface area (Å²) in [5.41, 5.74) is 1.62. The number of rotatable bonds is 5. The van der Waals surface area contributed by atoms with Crippen molar-refractivity contribution in [2.45, 2.75) is 64.5 Å². The third-order valence-electron chi connectivity index (χ3n) is 9.21. The molecule has 6 rings (SSSR count). The summed E-state index contributed by atoms with van der Waals surface area (Å²) in [4.78, 5) is 21.3. The first-order valence-electron chi connectivity index (χ1n) is 12.8. The molecule has 0 spiro atoms. The van der Waals surface area contributed by atoms with Gasteiger partial charge in [-0.15, -0.1) is 0 Å². The van der Waals surface area contributed by atoms with Crippen LogP contribution in [-0.4, -0.2) is 59.6 Å². The quantitative estimate of drug-likeness (QED) is 0.394. The molecular formula is C27H37N5O2. The van der Waals surface area contributed by atoms with Crippen molar-refractivity contribution >= 4 is 17.5 Å². The Labute approximate surface area is 202 Å². The highest BCUT2D eigenvalue weighted by molar-refractivity contribution is 5.92. The van der Waals surface area contributed by atoms with Crippen molar-refractivity contribution in [1.82, 2.24) is 10.2 Å². The summed E-state index contributed by atoms with van der Waals surface area (Å²) in [6.07, 6.45) is 6.59. The number of piperazine rings is 1. The summed E-state index contributed by atoms with van der Waals surface area (Å²) < 4.78 is 0. The largest absolute Gasteiger partial charge is 0.481 e. The molecule has 5 aliphatic rings. The first kappa shape index (κ1) is 23.2. The number of amidine groups is 1. The predicted octanol–water partition coefficient (Wildman–Crippen LogP) is 3.64. The number of aliphatic carboxylic acids is 1. The van der Waals surface area contributed by atoms with Crippen LogP contribution in [0.15, 0.2) is 29.3 Å². The van der Waals surface area contributed by atoms with Crippen LogP contribution in [-0.2, 0) is 4.79 Å². The van der Waals surface area contributed by atoms with Crippen molar-refractivity contribution in [3.05, 3.63) is 29.8 Å². The van der Waals surface area contributed by atoms with E-state index < -0.39 is 16.9 Å². The first-order valence-corrected chi connectivity index (χ1v) is 12.8. The van der Waals surface area contributed by atoms with E-state index in [1.165, 1.54) is 11.3 Å². The van der Waals surface area contributed by atoms with Gasteiger partial charge in [-0.25, -0.2) is 0 Å². The van der Waals surface area contributed by atoms with E-state index in [2.05, 4.69) is 65.1 Å². The zero-order chi connectivity index (χ0) is 24.1. The number of anilines is 1. The van der Waals surface area contributed by atoms with Gasteiger partial charge in [0.05, 0.1) is 11.0 Å². The average Bonchev–Trinajstić information content (AvgIpc) is 2.80. The lowest BCUT2D eigenvalue weighted by Gasteiger charge is -2.59. The number of nitriles is 1. The molecule has 1 heterocycles. The molecule has 0 amide bonds. The van der Waals surface area contributed by atoms with Gasteiger partial charge >= 0.3 is 5.97 Å². The molecule has 2 N–H and O–H groups in total. The molecule has 34 heavy (non-hydrogen) atoms. The average molecular weight is 464 g/mol. The van der Waals surface area contributed by atoms with Crippen LogP contribution >= 0.6 is 0 Å². The van der Waals surface area contributed by atoms with Crippen molar-refractivity contribution < 1.29 is 9.90 Å². The zero-order valence-corrected chi connectivity index (χ0v) is 20.6. The minimum atomic E-state index is -0.608. The van der Waals surface area contributed by atoms with Crippen molar-refractivity contribution in [3.8, 4) is 6.19 Å². The Kier molecular flexibility index (Phi) is 5.84. The smallest absolute Gasteiger partial charge is 0.309 e. The monoisotopic (exact) mass is 463 g/mol. The number of hydrogen-bond donors (Lipinski definition) is 2. The number of aliphatic imine (C=N–C) groups is 1. The summed E-state index contributed by atoms with van der Waals surface area (Å²) in [5.74, 6) is 1.36. The van der Waals surface area contributed by atoms with Gasteiger partial charge in [0, 0.05) is 37.9 Å². The second-order valence-corrected chi connectivity index (χ2v) is 11.7. The molecular weight excluding hydrogens is 426 g/mol. The van der Waals surface area contributed by atoms with E-state index >= 15 is 0 Å². The van der Waals surface area contributed by atoms with Crippen LogP contribution in [0.1, 0.15) is 51.5 Å². The number of carbonyl (C=O) groups is 1. The molecule has 5 fully saturated rings. The molecule has 4 aliphatic carbocycles. The van der Waals surface area contributed by atoms with Gasteiger partial charge in [0.1, 0.15) is 5.84 Å². The van der Waals surface area contributed by atoms with Gasteiger partial charge in [-0.3, -0.25) is 9.69 Å². The first-order chi connectivity index (χ1) is 16.2. The van der Waals surface area contributed by atoms with E-state index in [1.54, 1.807) is 0 Å². The lowest BCUT2D eigenvalue weighted by atomic mass is 9.48. The van der Waals surface area contributed by atoms with E-state index in [-0.39, 0.29) is 6.04 Å². The number of carboxylic acids is 1. The summed E-state index contributed by atoms with van der Waals surface area (Å²) >= 11 is 0. The summed E-state index contributed by atoms with van der Waals surface area (Å²) in [6, 6.07) is 8.86. The molecule has 4 saturated carbocycles. The number of benzene rings is 1. The maximum atomic E-state index is 12.1. The molecule has 1 aliphatic heterocycles. The minimum absolute atomic E-state index is 0.212. The molecule has 182 valence electrons. The Bertz CT molecular complexity index is 1000. The van der Waals surface area contributed by atoms with Crippen molar-refractivity contribution in [2.75, 3.05) is 31.1 Å². The maximum Gasteiger partial charge on any atom is 0.309 e. The van der Waals surface area contributed by atoms with Crippen LogP contribution in [0.25, 0.3) is 0 Å². The van der Waals surface area contributed by atoms with Crippen LogP contribution in [0.4, 0.5) is 5.69 Å². The van der Waals surface area contributed by atoms with E-state index in [9.17, 15) is 15.2 Å². The Hall–Kier alpha value is -2.59. The molecule has 4 bridgehead atoms. The van der Waals surface area contributed by atoms with Crippen LogP contribution in [0.3, 0.4) is 0 Å². The lowest BCUT2D eigenvalue weighted by molar-refractivity contribution is -0.166. The van der Waals surface area contributed by atoms with Crippen LogP contribution < -0.4 is 10.2 Å². The number of aryl methyl sites for hydroxylation is 1. The van der Waals surface area contributed by atoms with Gasteiger partial charge < -0.3 is 15.3 Å². The third kappa shape index (κ3) is 3.96. The molecule has 0 aromatic heterocycles. The second kappa shape index (κ2) is 8.57. The number of hydrogen-bond acceptors (Lipinski definition) is 5. The van der Waals surface area contributed by atoms with Crippen LogP contribution in [0, 0.1) is 41.5 Å². The van der Waals surface area contributed by atoms with E-state index in [0.717, 1.165) is 64.1 Å². The fraction of sp³-hybridized carbons (Fsp3) is 0.667. The molecule has 0 radical (unpaired) electrons. The zero-order valence-electron chi connectivity index (χ0n) is 20.6. The molecule has 2 unspecified atom stereocenters. The molecule has 2 atom stereocenters. The van der Waals surface area contributed by atoms with Gasteiger partial charge in [-0.05, 0) is 88.3 Å². The lowest BCUT2D eigenvalue weighted by Crippen LogP contribution is -2.66. The highest BCUT2D eigenvalue weighted by Crippen LogP contribution is 2.60. The number of nitrogens with zero attached hydrogens (tertiary/aromatic N) is 4. The Morgan fingerprint density at radius 1 is 1.18 bits per heavy atom. The highest BCUT2D eigenvalue weighted by atomic mass is 16.4. The Balaban J connectivity index is 1.29. The SMILES string of the molecule is Cc1cccc(N2CCN(C(C)(C)/C(=N\C#N)NC3C4CC5CC3CC(C(=O)O)(C5)C4)CC2)c1. The summed E-state index contributed by atoms with van der Waals surface area (Å²) in [5, 5.41) is 23.2. The van der Waals surface area contributed by atoms with Crippen LogP contribution in [0.2, 0.25) is 0 Å². The van der Waals surface area contributed by atoms with Gasteiger partial charge in [-0.2, -0.15) is 10.3 Å². The maximum absolute atomic E-state index is 12.1. The van der Waals surface area contributed by atoms with Gasteiger partial charge in [-0.1, -0.05) is 12.1 Å². The number of carboxylic acid groups (broad SMARTS) is 1. The predicted molar refractivity (Wildman–Crippen MR) is 133 cm³/mol. The fourth-order valence-corrected chi connectivity index (χ4v) is 7.57. The molecule has 1 aromatic carbocycles. The third-order valence-corrected chi connectivity index (χ3v) is 9.21.